The van der Waals surface area contributed by atoms with Crippen LogP contribution in [0.4, 0.5) is 0 Å². The number of rotatable bonds is 2. The summed E-state index contributed by atoms with van der Waals surface area (Å²) in [6.07, 6.45) is 4.13. The molecule has 5 heteroatoms. The van der Waals surface area contributed by atoms with Crippen molar-refractivity contribution in [3.8, 4) is 0 Å². The van der Waals surface area contributed by atoms with Crippen molar-refractivity contribution in [2.24, 2.45) is 5.92 Å². The minimum atomic E-state index is 0.125. The number of likely N-dealkylation sites (tertiary alicyclic amines) is 1. The molecule has 1 aromatic rings. The van der Waals surface area contributed by atoms with E-state index in [4.69, 9.17) is 4.98 Å². The summed E-state index contributed by atoms with van der Waals surface area (Å²) in [5.41, 5.74) is 1.33. The molecule has 3 heterocycles. The molecule has 23 heavy (non-hydrogen) atoms. The lowest BCUT2D eigenvalue weighted by Gasteiger charge is -2.34. The van der Waals surface area contributed by atoms with Crippen LogP contribution in [0.1, 0.15) is 63.1 Å². The van der Waals surface area contributed by atoms with E-state index < -0.39 is 0 Å². The molecular weight excluding hydrogens is 306 g/mol. The van der Waals surface area contributed by atoms with Crippen molar-refractivity contribution >= 4 is 17.2 Å². The second kappa shape index (κ2) is 6.89. The number of carbonyl (C=O) groups is 1. The van der Waals surface area contributed by atoms with E-state index in [1.54, 1.807) is 11.3 Å². The van der Waals surface area contributed by atoms with Crippen LogP contribution in [0.3, 0.4) is 0 Å². The van der Waals surface area contributed by atoms with Crippen LogP contribution in [0.25, 0.3) is 0 Å². The third-order valence-electron chi connectivity index (χ3n) is 5.13. The van der Waals surface area contributed by atoms with Crippen LogP contribution in [0.2, 0.25) is 0 Å². The number of thiazole rings is 1. The van der Waals surface area contributed by atoms with Crippen molar-refractivity contribution < 1.29 is 4.79 Å². The number of carbonyl (C=O) groups excluding carboxylic acids is 1. The number of nitrogens with zero attached hydrogens (tertiary/aromatic N) is 2. The highest BCUT2D eigenvalue weighted by atomic mass is 32.1. The van der Waals surface area contributed by atoms with E-state index in [9.17, 15) is 4.79 Å². The van der Waals surface area contributed by atoms with Gasteiger partial charge < -0.3 is 10.2 Å². The molecule has 2 fully saturated rings. The van der Waals surface area contributed by atoms with Crippen molar-refractivity contribution in [1.82, 2.24) is 15.2 Å². The molecule has 2 aliphatic heterocycles. The van der Waals surface area contributed by atoms with Crippen LogP contribution in [-0.4, -0.2) is 42.0 Å². The fourth-order valence-corrected chi connectivity index (χ4v) is 4.71. The molecule has 0 aromatic carbocycles. The van der Waals surface area contributed by atoms with Crippen molar-refractivity contribution in [2.45, 2.75) is 57.8 Å². The molecule has 1 aromatic heterocycles. The number of piperidine rings is 2. The molecule has 0 aliphatic carbocycles. The number of amides is 1. The highest BCUT2D eigenvalue weighted by Gasteiger charge is 2.30. The molecular formula is C18H29N3OS. The molecule has 2 saturated heterocycles. The van der Waals surface area contributed by atoms with Crippen LogP contribution in [0.15, 0.2) is 5.38 Å². The van der Waals surface area contributed by atoms with Gasteiger partial charge in [-0.3, -0.25) is 4.79 Å². The Balaban J connectivity index is 1.55. The van der Waals surface area contributed by atoms with Gasteiger partial charge in [-0.15, -0.1) is 11.3 Å². The summed E-state index contributed by atoms with van der Waals surface area (Å²) in [4.78, 5) is 19.6. The van der Waals surface area contributed by atoms with Crippen molar-refractivity contribution in [3.05, 3.63) is 16.1 Å². The number of hydrogen-bond donors (Lipinski definition) is 1. The summed E-state index contributed by atoms with van der Waals surface area (Å²) in [7, 11) is 0. The van der Waals surface area contributed by atoms with E-state index in [-0.39, 0.29) is 11.3 Å². The minimum absolute atomic E-state index is 0.125. The molecule has 0 saturated carbocycles. The van der Waals surface area contributed by atoms with Gasteiger partial charge >= 0.3 is 0 Å². The lowest BCUT2D eigenvalue weighted by Crippen LogP contribution is -2.44. The van der Waals surface area contributed by atoms with Gasteiger partial charge in [-0.1, -0.05) is 20.8 Å². The third kappa shape index (κ3) is 3.94. The first kappa shape index (κ1) is 16.9. The standard InChI is InChI=1S/C18H29N3OS/c1-18(2,3)15-12-23-16(20-15)13-6-10-21(11-7-13)17(22)14-4-8-19-9-5-14/h12-14,19H,4-11H2,1-3H3. The predicted octanol–water partition coefficient (Wildman–Crippen LogP) is 3.15. The van der Waals surface area contributed by atoms with Crippen LogP contribution >= 0.6 is 11.3 Å². The molecule has 2 aliphatic rings. The molecule has 3 rings (SSSR count). The van der Waals surface area contributed by atoms with E-state index in [0.717, 1.165) is 51.9 Å². The van der Waals surface area contributed by atoms with Gasteiger partial charge in [-0.25, -0.2) is 4.98 Å². The zero-order valence-corrected chi connectivity index (χ0v) is 15.4. The first-order chi connectivity index (χ1) is 10.9. The summed E-state index contributed by atoms with van der Waals surface area (Å²) in [5.74, 6) is 1.17. The second-order valence-corrected chi connectivity index (χ2v) is 8.83. The zero-order chi connectivity index (χ0) is 16.4. The minimum Gasteiger partial charge on any atom is -0.342 e. The van der Waals surface area contributed by atoms with Crippen molar-refractivity contribution in [1.29, 1.82) is 0 Å². The number of hydrogen-bond acceptors (Lipinski definition) is 4. The average Bonchev–Trinajstić information content (AvgIpc) is 3.05. The van der Waals surface area contributed by atoms with Gasteiger partial charge in [0.2, 0.25) is 5.91 Å². The number of nitrogens with one attached hydrogen (secondary N) is 1. The molecule has 128 valence electrons. The molecule has 4 nitrogen and oxygen atoms in total. The monoisotopic (exact) mass is 335 g/mol. The highest BCUT2D eigenvalue weighted by Crippen LogP contribution is 2.33. The topological polar surface area (TPSA) is 45.2 Å². The van der Waals surface area contributed by atoms with Gasteiger partial charge in [-0.05, 0) is 38.8 Å². The quantitative estimate of drug-likeness (QED) is 0.903. The third-order valence-corrected chi connectivity index (χ3v) is 6.14. The van der Waals surface area contributed by atoms with Gasteiger partial charge in [-0.2, -0.15) is 0 Å². The zero-order valence-electron chi connectivity index (χ0n) is 14.6. The summed E-state index contributed by atoms with van der Waals surface area (Å²) in [5, 5.41) is 6.82. The maximum absolute atomic E-state index is 12.6. The summed E-state index contributed by atoms with van der Waals surface area (Å²) >= 11 is 1.80. The SMILES string of the molecule is CC(C)(C)c1csc(C2CCN(C(=O)C3CCNCC3)CC2)n1. The summed E-state index contributed by atoms with van der Waals surface area (Å²) < 4.78 is 0. The smallest absolute Gasteiger partial charge is 0.225 e. The molecule has 1 N–H and O–H groups in total. The van der Waals surface area contributed by atoms with Gasteiger partial charge in [0.1, 0.15) is 0 Å². The first-order valence-electron chi connectivity index (χ1n) is 8.90. The van der Waals surface area contributed by atoms with E-state index in [0.29, 0.717) is 11.8 Å². The van der Waals surface area contributed by atoms with Crippen molar-refractivity contribution in [3.63, 3.8) is 0 Å². The largest absolute Gasteiger partial charge is 0.342 e. The fraction of sp³-hybridized carbons (Fsp3) is 0.778. The normalized spacial score (nSPS) is 21.6. The van der Waals surface area contributed by atoms with E-state index in [2.05, 4.69) is 36.4 Å². The molecule has 0 bridgehead atoms. The average molecular weight is 336 g/mol. The first-order valence-corrected chi connectivity index (χ1v) is 9.78. The van der Waals surface area contributed by atoms with Gasteiger partial charge in [0.15, 0.2) is 0 Å². The molecule has 1 amide bonds. The lowest BCUT2D eigenvalue weighted by atomic mass is 9.92. The maximum Gasteiger partial charge on any atom is 0.225 e. The Kier molecular flexibility index (Phi) is 5.07. The highest BCUT2D eigenvalue weighted by molar-refractivity contribution is 7.09. The Bertz CT molecular complexity index is 535. The van der Waals surface area contributed by atoms with E-state index in [1.807, 2.05) is 0 Å². The Hall–Kier alpha value is -0.940. The van der Waals surface area contributed by atoms with E-state index >= 15 is 0 Å². The van der Waals surface area contributed by atoms with Crippen LogP contribution in [-0.2, 0) is 10.2 Å². The number of aromatic nitrogens is 1. The Morgan fingerprint density at radius 1 is 1.22 bits per heavy atom. The van der Waals surface area contributed by atoms with Gasteiger partial charge in [0, 0.05) is 35.7 Å². The molecule has 0 atom stereocenters. The lowest BCUT2D eigenvalue weighted by molar-refractivity contribution is -0.137. The van der Waals surface area contributed by atoms with Crippen molar-refractivity contribution in [2.75, 3.05) is 26.2 Å². The summed E-state index contributed by atoms with van der Waals surface area (Å²) in [6, 6.07) is 0. The van der Waals surface area contributed by atoms with E-state index in [1.165, 1.54) is 10.7 Å². The Morgan fingerprint density at radius 3 is 2.43 bits per heavy atom. The Morgan fingerprint density at radius 2 is 1.87 bits per heavy atom. The predicted molar refractivity (Wildman–Crippen MR) is 95.0 cm³/mol. The molecule has 0 radical (unpaired) electrons. The Labute approximate surface area is 143 Å². The molecule has 0 spiro atoms. The van der Waals surface area contributed by atoms with Crippen LogP contribution < -0.4 is 5.32 Å². The fourth-order valence-electron chi connectivity index (χ4n) is 3.49. The van der Waals surface area contributed by atoms with Crippen LogP contribution in [0, 0.1) is 5.92 Å². The van der Waals surface area contributed by atoms with Crippen LogP contribution in [0.5, 0.6) is 0 Å². The summed E-state index contributed by atoms with van der Waals surface area (Å²) in [6.45, 7) is 10.4. The van der Waals surface area contributed by atoms with Gasteiger partial charge in [0.05, 0.1) is 10.7 Å². The van der Waals surface area contributed by atoms with Gasteiger partial charge in [0.25, 0.3) is 0 Å². The second-order valence-electron chi connectivity index (χ2n) is 7.94. The molecule has 0 unspecified atom stereocenters. The maximum atomic E-state index is 12.6.